The minimum atomic E-state index is -2.56. The lowest BCUT2D eigenvalue weighted by atomic mass is 9.98. The molecule has 3 nitrogen and oxygen atoms in total. The van der Waals surface area contributed by atoms with Gasteiger partial charge in [0.25, 0.3) is 6.43 Å². The lowest BCUT2D eigenvalue weighted by molar-refractivity contribution is 0.142. The average Bonchev–Trinajstić information content (AvgIpc) is 2.84. The first-order valence-electron chi connectivity index (χ1n) is 4.52. The van der Waals surface area contributed by atoms with Crippen LogP contribution in [0.4, 0.5) is 8.78 Å². The van der Waals surface area contributed by atoms with Crippen molar-refractivity contribution in [2.45, 2.75) is 24.7 Å². The smallest absolute Gasteiger partial charge is 0.282 e. The zero-order chi connectivity index (χ0) is 10.3. The molecule has 0 aliphatic heterocycles. The van der Waals surface area contributed by atoms with Crippen LogP contribution in [0.15, 0.2) is 6.20 Å². The van der Waals surface area contributed by atoms with E-state index in [-0.39, 0.29) is 12.3 Å². The van der Waals surface area contributed by atoms with Crippen molar-refractivity contribution in [2.24, 2.45) is 7.05 Å². The fourth-order valence-electron chi connectivity index (χ4n) is 1.74. The zero-order valence-electron chi connectivity index (χ0n) is 7.87. The molecule has 1 fully saturated rings. The maximum atomic E-state index is 12.6. The first-order valence-corrected chi connectivity index (χ1v) is 4.52. The predicted octanol–water partition coefficient (Wildman–Crippen LogP) is 1.38. The number of hydrogen-bond acceptors (Lipinski definition) is 2. The average molecular weight is 202 g/mol. The molecule has 1 aliphatic rings. The highest BCUT2D eigenvalue weighted by molar-refractivity contribution is 5.34. The van der Waals surface area contributed by atoms with Crippen LogP contribution in [-0.2, 0) is 12.5 Å². The summed E-state index contributed by atoms with van der Waals surface area (Å²) in [4.78, 5) is 0. The quantitative estimate of drug-likeness (QED) is 0.804. The number of rotatable bonds is 3. The van der Waals surface area contributed by atoms with Crippen LogP contribution in [-0.4, -0.2) is 21.5 Å². The monoisotopic (exact) mass is 202 g/mol. The van der Waals surface area contributed by atoms with Crippen LogP contribution in [0.2, 0.25) is 0 Å². The second-order valence-corrected chi connectivity index (χ2v) is 3.84. The fraction of sp³-hybridized carbons (Fsp3) is 0.667. The van der Waals surface area contributed by atoms with Crippen molar-refractivity contribution >= 4 is 0 Å². The Morgan fingerprint density at radius 3 is 2.71 bits per heavy atom. The number of aromatic nitrogens is 2. The van der Waals surface area contributed by atoms with E-state index in [1.807, 2.05) is 0 Å². The van der Waals surface area contributed by atoms with Crippen molar-refractivity contribution in [3.05, 3.63) is 17.5 Å². The summed E-state index contributed by atoms with van der Waals surface area (Å²) in [7, 11) is 1.61. The van der Waals surface area contributed by atoms with Gasteiger partial charge in [-0.3, -0.25) is 4.68 Å². The Labute approximate surface area is 80.3 Å². The topological polar surface area (TPSA) is 38.0 Å². The molecule has 0 atom stereocenters. The molecule has 2 rings (SSSR count). The number of hydrogen-bond donors (Lipinski definition) is 1. The Balaban J connectivity index is 2.41. The number of aliphatic hydroxyl groups excluding tert-OH is 1. The maximum Gasteiger partial charge on any atom is 0.282 e. The van der Waals surface area contributed by atoms with Crippen LogP contribution in [0.25, 0.3) is 0 Å². The summed E-state index contributed by atoms with van der Waals surface area (Å²) in [5.41, 5.74) is -0.100. The number of halogens is 2. The minimum Gasteiger partial charge on any atom is -0.395 e. The molecule has 0 amide bonds. The molecule has 1 saturated carbocycles. The van der Waals surface area contributed by atoms with Crippen LogP contribution in [0.3, 0.4) is 0 Å². The molecule has 0 radical (unpaired) electrons. The van der Waals surface area contributed by atoms with Gasteiger partial charge in [0, 0.05) is 24.2 Å². The Morgan fingerprint density at radius 1 is 1.64 bits per heavy atom. The van der Waals surface area contributed by atoms with Gasteiger partial charge in [-0.25, -0.2) is 8.78 Å². The highest BCUT2D eigenvalue weighted by atomic mass is 19.3. The molecule has 0 spiro atoms. The molecule has 0 bridgehead atoms. The lowest BCUT2D eigenvalue weighted by Crippen LogP contribution is -2.13. The molecular formula is C9H12F2N2O. The molecule has 1 aliphatic carbocycles. The van der Waals surface area contributed by atoms with E-state index < -0.39 is 11.8 Å². The molecule has 0 aromatic carbocycles. The van der Waals surface area contributed by atoms with E-state index in [1.165, 1.54) is 4.68 Å². The molecule has 14 heavy (non-hydrogen) atoms. The fourth-order valence-corrected chi connectivity index (χ4v) is 1.74. The van der Waals surface area contributed by atoms with E-state index in [0.717, 1.165) is 12.8 Å². The van der Waals surface area contributed by atoms with Gasteiger partial charge < -0.3 is 5.11 Å². The summed E-state index contributed by atoms with van der Waals surface area (Å²) >= 11 is 0. The van der Waals surface area contributed by atoms with Gasteiger partial charge in [0.05, 0.1) is 6.61 Å². The highest BCUT2D eigenvalue weighted by Crippen LogP contribution is 2.49. The van der Waals surface area contributed by atoms with E-state index >= 15 is 0 Å². The number of aryl methyl sites for hydroxylation is 1. The Hall–Kier alpha value is -0.970. The standard InChI is InChI=1S/C9H12F2N2O/c1-13-4-6(7(12-13)8(10)11)9(5-14)2-3-9/h4,8,14H,2-3,5H2,1H3. The molecule has 5 heteroatoms. The van der Waals surface area contributed by atoms with Gasteiger partial charge in [-0.05, 0) is 12.8 Å². The molecule has 1 aromatic rings. The normalized spacial score (nSPS) is 18.9. The van der Waals surface area contributed by atoms with Crippen molar-refractivity contribution < 1.29 is 13.9 Å². The molecule has 1 N–H and O–H groups in total. The Morgan fingerprint density at radius 2 is 2.29 bits per heavy atom. The van der Waals surface area contributed by atoms with Crippen LogP contribution >= 0.6 is 0 Å². The summed E-state index contributed by atoms with van der Waals surface area (Å²) in [5.74, 6) is 0. The van der Waals surface area contributed by atoms with Gasteiger partial charge >= 0.3 is 0 Å². The minimum absolute atomic E-state index is 0.0710. The largest absolute Gasteiger partial charge is 0.395 e. The third-order valence-electron chi connectivity index (χ3n) is 2.79. The van der Waals surface area contributed by atoms with Crippen molar-refractivity contribution in [3.8, 4) is 0 Å². The Kier molecular flexibility index (Phi) is 2.06. The lowest BCUT2D eigenvalue weighted by Gasteiger charge is -2.10. The van der Waals surface area contributed by atoms with Crippen LogP contribution in [0.1, 0.15) is 30.5 Å². The summed E-state index contributed by atoms with van der Waals surface area (Å²) < 4.78 is 26.5. The summed E-state index contributed by atoms with van der Waals surface area (Å²) in [6.45, 7) is -0.0710. The third kappa shape index (κ3) is 1.32. The maximum absolute atomic E-state index is 12.6. The van der Waals surface area contributed by atoms with E-state index in [1.54, 1.807) is 13.2 Å². The zero-order valence-corrected chi connectivity index (χ0v) is 7.87. The predicted molar refractivity (Wildman–Crippen MR) is 46.2 cm³/mol. The van der Waals surface area contributed by atoms with E-state index in [9.17, 15) is 8.78 Å². The first kappa shape index (κ1) is 9.58. The van der Waals surface area contributed by atoms with Crippen LogP contribution < -0.4 is 0 Å². The van der Waals surface area contributed by atoms with Gasteiger partial charge in [0.1, 0.15) is 5.69 Å². The second kappa shape index (κ2) is 3.02. The van der Waals surface area contributed by atoms with Crippen molar-refractivity contribution in [3.63, 3.8) is 0 Å². The first-order chi connectivity index (χ1) is 6.59. The number of aliphatic hydroxyl groups is 1. The van der Waals surface area contributed by atoms with Crippen LogP contribution in [0, 0.1) is 0 Å². The summed E-state index contributed by atoms with van der Waals surface area (Å²) in [5, 5.41) is 12.9. The molecule has 1 aromatic heterocycles. The third-order valence-corrected chi connectivity index (χ3v) is 2.79. The second-order valence-electron chi connectivity index (χ2n) is 3.84. The molecule has 1 heterocycles. The van der Waals surface area contributed by atoms with Gasteiger partial charge in [-0.2, -0.15) is 5.10 Å². The Bertz CT molecular complexity index is 345. The summed E-state index contributed by atoms with van der Waals surface area (Å²) in [6.07, 6.45) is 0.573. The van der Waals surface area contributed by atoms with E-state index in [2.05, 4.69) is 5.10 Å². The van der Waals surface area contributed by atoms with Gasteiger partial charge in [0.2, 0.25) is 0 Å². The van der Waals surface area contributed by atoms with Crippen molar-refractivity contribution in [1.82, 2.24) is 9.78 Å². The van der Waals surface area contributed by atoms with Gasteiger partial charge in [0.15, 0.2) is 0 Å². The van der Waals surface area contributed by atoms with E-state index in [0.29, 0.717) is 5.56 Å². The number of nitrogens with zero attached hydrogens (tertiary/aromatic N) is 2. The van der Waals surface area contributed by atoms with Crippen molar-refractivity contribution in [2.75, 3.05) is 6.61 Å². The number of alkyl halides is 2. The van der Waals surface area contributed by atoms with Crippen LogP contribution in [0.5, 0.6) is 0 Å². The van der Waals surface area contributed by atoms with Gasteiger partial charge in [-0.15, -0.1) is 0 Å². The summed E-state index contributed by atoms with van der Waals surface area (Å²) in [6, 6.07) is 0. The molecule has 0 saturated heterocycles. The molecule has 0 unspecified atom stereocenters. The van der Waals surface area contributed by atoms with Gasteiger partial charge in [-0.1, -0.05) is 0 Å². The SMILES string of the molecule is Cn1cc(C2(CO)CC2)c(C(F)F)n1. The molecular weight excluding hydrogens is 190 g/mol. The highest BCUT2D eigenvalue weighted by Gasteiger charge is 2.47. The van der Waals surface area contributed by atoms with Crippen molar-refractivity contribution in [1.29, 1.82) is 0 Å². The molecule has 78 valence electrons. The van der Waals surface area contributed by atoms with E-state index in [4.69, 9.17) is 5.11 Å².